The maximum absolute atomic E-state index is 12.6. The molecule has 0 aliphatic carbocycles. The van der Waals surface area contributed by atoms with Crippen LogP contribution in [0.2, 0.25) is 0 Å². The second-order valence-electron chi connectivity index (χ2n) is 6.39. The summed E-state index contributed by atoms with van der Waals surface area (Å²) in [6.07, 6.45) is 0.923. The van der Waals surface area contributed by atoms with Gasteiger partial charge in [-0.15, -0.1) is 12.4 Å². The third-order valence-electron chi connectivity index (χ3n) is 4.52. The summed E-state index contributed by atoms with van der Waals surface area (Å²) in [5, 5.41) is 0. The van der Waals surface area contributed by atoms with Gasteiger partial charge in [0.05, 0.1) is 0 Å². The fraction of sp³-hybridized carbons (Fsp3) is 0.529. The Bertz CT molecular complexity index is 579. The zero-order chi connectivity index (χ0) is 16.3. The predicted molar refractivity (Wildman–Crippen MR) is 94.0 cm³/mol. The van der Waals surface area contributed by atoms with Crippen LogP contribution in [-0.2, 0) is 0 Å². The maximum atomic E-state index is 12.6. The summed E-state index contributed by atoms with van der Waals surface area (Å²) in [5.74, 6) is -0.0867. The molecule has 6 heteroatoms. The lowest BCUT2D eigenvalue weighted by Gasteiger charge is -2.22. The Hall–Kier alpha value is -1.59. The van der Waals surface area contributed by atoms with E-state index in [1.807, 2.05) is 11.8 Å². The van der Waals surface area contributed by atoms with Crippen LogP contribution in [0.15, 0.2) is 24.3 Å². The summed E-state index contributed by atoms with van der Waals surface area (Å²) in [7, 11) is 1.75. The van der Waals surface area contributed by atoms with Gasteiger partial charge in [-0.2, -0.15) is 0 Å². The lowest BCUT2D eigenvalue weighted by Crippen LogP contribution is -2.34. The number of nitrogens with two attached hydrogens (primary N) is 1. The minimum absolute atomic E-state index is 0. The van der Waals surface area contributed by atoms with Gasteiger partial charge in [-0.25, -0.2) is 0 Å². The molecule has 0 radical (unpaired) electrons. The Morgan fingerprint density at radius 3 is 2.57 bits per heavy atom. The molecule has 1 aliphatic rings. The smallest absolute Gasteiger partial charge is 0.253 e. The molecule has 2 amide bonds. The molecule has 1 fully saturated rings. The van der Waals surface area contributed by atoms with Gasteiger partial charge >= 0.3 is 0 Å². The lowest BCUT2D eigenvalue weighted by molar-refractivity contribution is 0.0777. The maximum Gasteiger partial charge on any atom is 0.253 e. The van der Waals surface area contributed by atoms with Gasteiger partial charge in [0.25, 0.3) is 11.8 Å². The zero-order valence-corrected chi connectivity index (χ0v) is 14.9. The number of amides is 2. The lowest BCUT2D eigenvalue weighted by atomic mass is 9.90. The molecule has 2 N–H and O–H groups in total. The van der Waals surface area contributed by atoms with Crippen LogP contribution in [0, 0.1) is 5.41 Å². The average Bonchev–Trinajstić information content (AvgIpc) is 2.96. The first kappa shape index (κ1) is 19.5. The quantitative estimate of drug-likeness (QED) is 0.912. The van der Waals surface area contributed by atoms with E-state index in [9.17, 15) is 9.59 Å². The molecule has 1 aliphatic heterocycles. The second-order valence-corrected chi connectivity index (χ2v) is 6.39. The Labute approximate surface area is 144 Å². The fourth-order valence-corrected chi connectivity index (χ4v) is 2.70. The van der Waals surface area contributed by atoms with E-state index in [1.54, 1.807) is 36.2 Å². The standard InChI is InChI=1S/C17H25N3O2.ClH/c1-4-19(3)15(21)13-6-5-7-14(10-13)16(22)20-9-8-17(2,11-18)12-20;/h5-7,10H,4,8-9,11-12,18H2,1-3H3;1H. The Morgan fingerprint density at radius 1 is 1.35 bits per heavy atom. The highest BCUT2D eigenvalue weighted by molar-refractivity contribution is 5.99. The highest BCUT2D eigenvalue weighted by atomic mass is 35.5. The van der Waals surface area contributed by atoms with Crippen LogP contribution in [0.5, 0.6) is 0 Å². The van der Waals surface area contributed by atoms with Crippen molar-refractivity contribution in [1.29, 1.82) is 0 Å². The van der Waals surface area contributed by atoms with E-state index in [2.05, 4.69) is 6.92 Å². The molecular weight excluding hydrogens is 314 g/mol. The van der Waals surface area contributed by atoms with Crippen molar-refractivity contribution in [3.8, 4) is 0 Å². The van der Waals surface area contributed by atoms with E-state index in [0.29, 0.717) is 30.8 Å². The number of halogens is 1. The highest BCUT2D eigenvalue weighted by Crippen LogP contribution is 2.29. The van der Waals surface area contributed by atoms with Gasteiger partial charge in [-0.1, -0.05) is 13.0 Å². The van der Waals surface area contributed by atoms with Gasteiger partial charge < -0.3 is 15.5 Å². The highest BCUT2D eigenvalue weighted by Gasteiger charge is 2.35. The normalized spacial score (nSPS) is 20.1. The average molecular weight is 340 g/mol. The molecule has 0 aromatic heterocycles. The van der Waals surface area contributed by atoms with E-state index >= 15 is 0 Å². The molecular formula is C17H26ClN3O2. The van der Waals surface area contributed by atoms with Crippen molar-refractivity contribution >= 4 is 24.2 Å². The Morgan fingerprint density at radius 2 is 2.00 bits per heavy atom. The van der Waals surface area contributed by atoms with Gasteiger partial charge in [0.2, 0.25) is 0 Å². The van der Waals surface area contributed by atoms with E-state index in [1.165, 1.54) is 0 Å². The van der Waals surface area contributed by atoms with E-state index < -0.39 is 0 Å². The number of rotatable bonds is 4. The van der Waals surface area contributed by atoms with Crippen LogP contribution in [0.3, 0.4) is 0 Å². The Kier molecular flexibility index (Phi) is 6.59. The van der Waals surface area contributed by atoms with Gasteiger partial charge in [-0.05, 0) is 43.5 Å². The number of likely N-dealkylation sites (tertiary alicyclic amines) is 1. The van der Waals surface area contributed by atoms with Gasteiger partial charge in [-0.3, -0.25) is 9.59 Å². The monoisotopic (exact) mass is 339 g/mol. The molecule has 0 saturated carbocycles. The van der Waals surface area contributed by atoms with Gasteiger partial charge in [0, 0.05) is 37.8 Å². The third kappa shape index (κ3) is 4.24. The zero-order valence-electron chi connectivity index (χ0n) is 14.0. The molecule has 0 bridgehead atoms. The minimum Gasteiger partial charge on any atom is -0.342 e. The molecule has 2 rings (SSSR count). The second kappa shape index (κ2) is 7.79. The minimum atomic E-state index is -0.0645. The van der Waals surface area contributed by atoms with Crippen molar-refractivity contribution in [3.05, 3.63) is 35.4 Å². The van der Waals surface area contributed by atoms with Gasteiger partial charge in [0.15, 0.2) is 0 Å². The molecule has 1 aromatic rings. The number of hydrogen-bond donors (Lipinski definition) is 1. The van der Waals surface area contributed by atoms with Crippen LogP contribution in [0.4, 0.5) is 0 Å². The van der Waals surface area contributed by atoms with Crippen molar-refractivity contribution in [3.63, 3.8) is 0 Å². The van der Waals surface area contributed by atoms with Crippen molar-refractivity contribution in [2.24, 2.45) is 11.1 Å². The third-order valence-corrected chi connectivity index (χ3v) is 4.52. The summed E-state index contributed by atoms with van der Waals surface area (Å²) in [6, 6.07) is 6.97. The summed E-state index contributed by atoms with van der Waals surface area (Å²) >= 11 is 0. The first-order valence-corrected chi connectivity index (χ1v) is 7.75. The van der Waals surface area contributed by atoms with E-state index in [-0.39, 0.29) is 29.6 Å². The van der Waals surface area contributed by atoms with Crippen LogP contribution >= 0.6 is 12.4 Å². The van der Waals surface area contributed by atoms with Crippen LogP contribution in [0.25, 0.3) is 0 Å². The SMILES string of the molecule is CCN(C)C(=O)c1cccc(C(=O)N2CCC(C)(CN)C2)c1.Cl. The van der Waals surface area contributed by atoms with Crippen LogP contribution < -0.4 is 5.73 Å². The number of hydrogen-bond acceptors (Lipinski definition) is 3. The van der Waals surface area contributed by atoms with Crippen molar-refractivity contribution < 1.29 is 9.59 Å². The molecule has 5 nitrogen and oxygen atoms in total. The first-order valence-electron chi connectivity index (χ1n) is 7.75. The summed E-state index contributed by atoms with van der Waals surface area (Å²) < 4.78 is 0. The molecule has 1 heterocycles. The van der Waals surface area contributed by atoms with Gasteiger partial charge in [0.1, 0.15) is 0 Å². The van der Waals surface area contributed by atoms with Crippen LogP contribution in [-0.4, -0.2) is 54.8 Å². The number of carbonyl (C=O) groups is 2. The Balaban J connectivity index is 0.00000264. The number of benzene rings is 1. The summed E-state index contributed by atoms with van der Waals surface area (Å²) in [4.78, 5) is 28.3. The largest absolute Gasteiger partial charge is 0.342 e. The van der Waals surface area contributed by atoms with E-state index in [4.69, 9.17) is 5.73 Å². The fourth-order valence-electron chi connectivity index (χ4n) is 2.70. The molecule has 1 atom stereocenters. The first-order chi connectivity index (χ1) is 10.4. The summed E-state index contributed by atoms with van der Waals surface area (Å²) in [6.45, 7) is 6.64. The van der Waals surface area contributed by atoms with Crippen molar-refractivity contribution in [2.45, 2.75) is 20.3 Å². The number of nitrogens with zero attached hydrogens (tertiary/aromatic N) is 2. The molecule has 23 heavy (non-hydrogen) atoms. The van der Waals surface area contributed by atoms with E-state index in [0.717, 1.165) is 13.0 Å². The van der Waals surface area contributed by atoms with Crippen molar-refractivity contribution in [1.82, 2.24) is 9.80 Å². The van der Waals surface area contributed by atoms with Crippen molar-refractivity contribution in [2.75, 3.05) is 33.2 Å². The molecule has 1 aromatic carbocycles. The van der Waals surface area contributed by atoms with Crippen LogP contribution in [0.1, 0.15) is 41.0 Å². The molecule has 1 saturated heterocycles. The topological polar surface area (TPSA) is 66.6 Å². The molecule has 128 valence electrons. The molecule has 1 unspecified atom stereocenters. The summed E-state index contributed by atoms with van der Waals surface area (Å²) in [5.41, 5.74) is 6.92. The molecule has 0 spiro atoms. The number of carbonyl (C=O) groups excluding carboxylic acids is 2. The predicted octanol–water partition coefficient (Wildman–Crippen LogP) is 2.01.